The summed E-state index contributed by atoms with van der Waals surface area (Å²) in [5.41, 5.74) is 1.99. The zero-order valence-corrected chi connectivity index (χ0v) is 12.7. The van der Waals surface area contributed by atoms with Crippen molar-refractivity contribution >= 4 is 34.2 Å². The smallest absolute Gasteiger partial charge is 0.295 e. The van der Waals surface area contributed by atoms with Crippen LogP contribution in [0.1, 0.15) is 18.7 Å². The number of nitrogens with zero attached hydrogens (tertiary/aromatic N) is 2. The van der Waals surface area contributed by atoms with E-state index in [4.69, 9.17) is 4.42 Å². The van der Waals surface area contributed by atoms with Crippen LogP contribution >= 0.6 is 0 Å². The van der Waals surface area contributed by atoms with Crippen LogP contribution in [0.25, 0.3) is 11.0 Å². The molecule has 0 spiro atoms. The molecule has 1 aliphatic rings. The zero-order chi connectivity index (χ0) is 16.8. The Balaban J connectivity index is 1.88. The van der Waals surface area contributed by atoms with Gasteiger partial charge in [0.25, 0.3) is 5.91 Å². The molecular weight excluding hydrogens is 310 g/mol. The first-order chi connectivity index (χ1) is 11.6. The highest BCUT2D eigenvalue weighted by Crippen LogP contribution is 2.40. The third kappa shape index (κ3) is 1.98. The van der Waals surface area contributed by atoms with Gasteiger partial charge in [0, 0.05) is 5.69 Å². The summed E-state index contributed by atoms with van der Waals surface area (Å²) in [4.78, 5) is 45.4. The minimum atomic E-state index is -1.07. The molecule has 2 atom stereocenters. The molecule has 120 valence electrons. The van der Waals surface area contributed by atoms with Crippen molar-refractivity contribution in [2.75, 3.05) is 4.90 Å². The molecule has 0 bridgehead atoms. The molecule has 1 aromatic carbocycles. The fourth-order valence-electron chi connectivity index (χ4n) is 3.18. The zero-order valence-electron chi connectivity index (χ0n) is 12.7. The standard InChI is InChI=1S/C17H13N3O4/c1-9(21)14-15(13-3-2-6-24-13)20(17(23)16(14)22)10-4-5-11-12(7-10)19-8-18-11/h2-8,14-15H,1H3,(H,18,19). The molecule has 0 radical (unpaired) electrons. The van der Waals surface area contributed by atoms with Crippen molar-refractivity contribution in [2.45, 2.75) is 13.0 Å². The quantitative estimate of drug-likeness (QED) is 0.587. The highest BCUT2D eigenvalue weighted by atomic mass is 16.3. The van der Waals surface area contributed by atoms with Crippen LogP contribution in [0.3, 0.4) is 0 Å². The van der Waals surface area contributed by atoms with Crippen LogP contribution in [0.5, 0.6) is 0 Å². The van der Waals surface area contributed by atoms with Gasteiger partial charge in [-0.05, 0) is 37.3 Å². The Morgan fingerprint density at radius 1 is 1.29 bits per heavy atom. The number of carbonyl (C=O) groups is 3. The number of fused-ring (bicyclic) bond motifs is 1. The maximum atomic E-state index is 12.6. The first-order valence-electron chi connectivity index (χ1n) is 7.42. The number of H-pyrrole nitrogens is 1. The summed E-state index contributed by atoms with van der Waals surface area (Å²) in [6, 6.07) is 7.72. The number of carbonyl (C=O) groups excluding carboxylic acids is 3. The van der Waals surface area contributed by atoms with Crippen LogP contribution in [0.2, 0.25) is 0 Å². The molecule has 1 fully saturated rings. The van der Waals surface area contributed by atoms with Gasteiger partial charge in [-0.2, -0.15) is 0 Å². The molecule has 2 unspecified atom stereocenters. The van der Waals surface area contributed by atoms with E-state index in [-0.39, 0.29) is 5.78 Å². The first kappa shape index (κ1) is 14.4. The van der Waals surface area contributed by atoms with Gasteiger partial charge in [-0.1, -0.05) is 0 Å². The second-order valence-corrected chi connectivity index (χ2v) is 5.69. The molecule has 4 rings (SSSR count). The van der Waals surface area contributed by atoms with Gasteiger partial charge < -0.3 is 9.40 Å². The molecule has 0 aliphatic carbocycles. The van der Waals surface area contributed by atoms with Crippen molar-refractivity contribution < 1.29 is 18.8 Å². The lowest BCUT2D eigenvalue weighted by Crippen LogP contribution is -2.30. The molecule has 7 nitrogen and oxygen atoms in total. The lowest BCUT2D eigenvalue weighted by molar-refractivity contribution is -0.138. The summed E-state index contributed by atoms with van der Waals surface area (Å²) in [6.45, 7) is 1.31. The minimum Gasteiger partial charge on any atom is -0.467 e. The van der Waals surface area contributed by atoms with Gasteiger partial charge in [-0.15, -0.1) is 0 Å². The van der Waals surface area contributed by atoms with Gasteiger partial charge in [0.15, 0.2) is 0 Å². The number of furan rings is 1. The Kier molecular flexibility index (Phi) is 3.09. The number of rotatable bonds is 3. The third-order valence-corrected chi connectivity index (χ3v) is 4.26. The SMILES string of the molecule is CC(=O)C1C(=O)C(=O)N(c2ccc3nc[nH]c3c2)C1c1ccco1. The van der Waals surface area contributed by atoms with Gasteiger partial charge in [0.2, 0.25) is 5.78 Å². The highest BCUT2D eigenvalue weighted by molar-refractivity contribution is 6.48. The fourth-order valence-corrected chi connectivity index (χ4v) is 3.18. The Morgan fingerprint density at radius 3 is 2.83 bits per heavy atom. The van der Waals surface area contributed by atoms with Gasteiger partial charge >= 0.3 is 0 Å². The molecule has 1 N–H and O–H groups in total. The second kappa shape index (κ2) is 5.16. The van der Waals surface area contributed by atoms with Gasteiger partial charge in [-0.25, -0.2) is 4.98 Å². The van der Waals surface area contributed by atoms with Crippen molar-refractivity contribution in [3.8, 4) is 0 Å². The molecule has 1 saturated heterocycles. The van der Waals surface area contributed by atoms with E-state index in [1.165, 1.54) is 18.1 Å². The maximum absolute atomic E-state index is 12.6. The van der Waals surface area contributed by atoms with E-state index >= 15 is 0 Å². The third-order valence-electron chi connectivity index (χ3n) is 4.26. The summed E-state index contributed by atoms with van der Waals surface area (Å²) in [7, 11) is 0. The highest BCUT2D eigenvalue weighted by Gasteiger charge is 2.52. The van der Waals surface area contributed by atoms with E-state index < -0.39 is 23.7 Å². The predicted octanol–water partition coefficient (Wildman–Crippen LogP) is 2.02. The minimum absolute atomic E-state index is 0.361. The molecule has 3 aromatic rings. The number of benzene rings is 1. The van der Waals surface area contributed by atoms with Crippen molar-refractivity contribution in [1.82, 2.24) is 9.97 Å². The van der Waals surface area contributed by atoms with Crippen LogP contribution in [-0.4, -0.2) is 27.4 Å². The lowest BCUT2D eigenvalue weighted by Gasteiger charge is -2.24. The van der Waals surface area contributed by atoms with Crippen LogP contribution in [-0.2, 0) is 14.4 Å². The first-order valence-corrected chi connectivity index (χ1v) is 7.42. The number of hydrogen-bond donors (Lipinski definition) is 1. The maximum Gasteiger partial charge on any atom is 0.295 e. The Labute approximate surface area is 136 Å². The Bertz CT molecular complexity index is 957. The van der Waals surface area contributed by atoms with Crippen LogP contribution in [0.4, 0.5) is 5.69 Å². The summed E-state index contributed by atoms with van der Waals surface area (Å²) in [5.74, 6) is -2.45. The van der Waals surface area contributed by atoms with E-state index in [0.29, 0.717) is 11.4 Å². The van der Waals surface area contributed by atoms with Crippen LogP contribution in [0, 0.1) is 5.92 Å². The Hall–Kier alpha value is -3.22. The number of amides is 1. The van der Waals surface area contributed by atoms with Crippen molar-refractivity contribution in [3.05, 3.63) is 48.7 Å². The number of Topliss-reactive ketones (excluding diaryl/α,β-unsaturated/α-hetero) is 2. The predicted molar refractivity (Wildman–Crippen MR) is 84.2 cm³/mol. The van der Waals surface area contributed by atoms with Crippen LogP contribution in [0.15, 0.2) is 47.3 Å². The van der Waals surface area contributed by atoms with E-state index in [9.17, 15) is 14.4 Å². The van der Waals surface area contributed by atoms with Gasteiger partial charge in [0.05, 0.1) is 23.6 Å². The normalized spacial score (nSPS) is 21.0. The summed E-state index contributed by atoms with van der Waals surface area (Å²) >= 11 is 0. The molecule has 24 heavy (non-hydrogen) atoms. The average molecular weight is 323 g/mol. The number of nitrogens with one attached hydrogen (secondary N) is 1. The number of hydrogen-bond acceptors (Lipinski definition) is 5. The molecule has 1 aliphatic heterocycles. The van der Waals surface area contributed by atoms with Gasteiger partial charge in [0.1, 0.15) is 23.5 Å². The molecular formula is C17H13N3O4. The number of ketones is 2. The summed E-state index contributed by atoms with van der Waals surface area (Å²) in [5, 5.41) is 0. The number of anilines is 1. The van der Waals surface area contributed by atoms with E-state index in [2.05, 4.69) is 9.97 Å². The monoisotopic (exact) mass is 323 g/mol. The lowest BCUT2D eigenvalue weighted by atomic mass is 9.93. The summed E-state index contributed by atoms with van der Waals surface area (Å²) < 4.78 is 5.40. The average Bonchev–Trinajstić information content (AvgIpc) is 3.27. The molecule has 3 heterocycles. The number of aromatic amines is 1. The number of aromatic nitrogens is 2. The molecule has 1 amide bonds. The second-order valence-electron chi connectivity index (χ2n) is 5.69. The molecule has 2 aromatic heterocycles. The summed E-state index contributed by atoms with van der Waals surface area (Å²) in [6.07, 6.45) is 3.00. The fraction of sp³-hybridized carbons (Fsp3) is 0.176. The van der Waals surface area contributed by atoms with Crippen LogP contribution < -0.4 is 4.90 Å². The van der Waals surface area contributed by atoms with E-state index in [0.717, 1.165) is 11.0 Å². The van der Waals surface area contributed by atoms with Crippen molar-refractivity contribution in [1.29, 1.82) is 0 Å². The molecule has 0 saturated carbocycles. The van der Waals surface area contributed by atoms with Gasteiger partial charge in [-0.3, -0.25) is 19.3 Å². The molecule has 7 heteroatoms. The van der Waals surface area contributed by atoms with E-state index in [1.807, 2.05) is 0 Å². The number of imidazole rings is 1. The Morgan fingerprint density at radius 2 is 2.12 bits per heavy atom. The van der Waals surface area contributed by atoms with Crippen molar-refractivity contribution in [3.63, 3.8) is 0 Å². The largest absolute Gasteiger partial charge is 0.467 e. The topological polar surface area (TPSA) is 96.3 Å². The van der Waals surface area contributed by atoms with E-state index in [1.54, 1.807) is 36.7 Å². The van der Waals surface area contributed by atoms with Crippen molar-refractivity contribution in [2.24, 2.45) is 5.92 Å².